The minimum Gasteiger partial charge on any atom is -0.497 e. The molecule has 6 heteroatoms. The molecule has 0 aliphatic carbocycles. The van der Waals surface area contributed by atoms with Crippen LogP contribution in [0.2, 0.25) is 0 Å². The zero-order valence-electron chi connectivity index (χ0n) is 17.1. The van der Waals surface area contributed by atoms with Gasteiger partial charge in [0, 0.05) is 31.7 Å². The van der Waals surface area contributed by atoms with Crippen molar-refractivity contribution in [1.29, 1.82) is 0 Å². The van der Waals surface area contributed by atoms with E-state index >= 15 is 0 Å². The monoisotopic (exact) mass is 395 g/mol. The number of benzene rings is 2. The number of methoxy groups -OCH3 is 1. The Bertz CT molecular complexity index is 802. The van der Waals surface area contributed by atoms with E-state index in [0.29, 0.717) is 18.7 Å². The second-order valence-corrected chi connectivity index (χ2v) is 7.28. The van der Waals surface area contributed by atoms with Crippen LogP contribution >= 0.6 is 0 Å². The van der Waals surface area contributed by atoms with Gasteiger partial charge in [-0.15, -0.1) is 0 Å². The predicted octanol–water partition coefficient (Wildman–Crippen LogP) is 4.30. The van der Waals surface area contributed by atoms with Crippen LogP contribution in [0.4, 0.5) is 10.5 Å². The highest BCUT2D eigenvalue weighted by Gasteiger charge is 2.24. The Balaban J connectivity index is 1.71. The molecule has 3 rings (SSSR count). The van der Waals surface area contributed by atoms with Gasteiger partial charge in [-0.05, 0) is 49.6 Å². The quantitative estimate of drug-likeness (QED) is 0.760. The smallest absolute Gasteiger partial charge is 0.322 e. The maximum absolute atomic E-state index is 13.1. The second-order valence-electron chi connectivity index (χ2n) is 7.28. The Morgan fingerprint density at radius 1 is 1.07 bits per heavy atom. The number of likely N-dealkylation sites (tertiary alicyclic amines) is 1. The lowest BCUT2D eigenvalue weighted by Crippen LogP contribution is -2.40. The Hall–Kier alpha value is -3.02. The highest BCUT2D eigenvalue weighted by Crippen LogP contribution is 2.23. The standard InChI is InChI=1S/C23H29N3O3/c1-18(19-8-4-3-5-9-19)26(17-14-22(27)25-15-6-7-16-25)23(28)24-20-10-12-21(29-2)13-11-20/h3-5,8-13,18H,6-7,14-17H2,1-2H3,(H,24,28). The van der Waals surface area contributed by atoms with Crippen LogP contribution in [-0.4, -0.2) is 48.5 Å². The zero-order chi connectivity index (χ0) is 20.6. The molecule has 1 fully saturated rings. The van der Waals surface area contributed by atoms with E-state index in [0.717, 1.165) is 37.2 Å². The fraction of sp³-hybridized carbons (Fsp3) is 0.391. The summed E-state index contributed by atoms with van der Waals surface area (Å²) in [6.45, 7) is 4.01. The predicted molar refractivity (Wildman–Crippen MR) is 114 cm³/mol. The molecule has 0 radical (unpaired) electrons. The van der Waals surface area contributed by atoms with Crippen molar-refractivity contribution >= 4 is 17.6 Å². The number of nitrogens with one attached hydrogen (secondary N) is 1. The van der Waals surface area contributed by atoms with E-state index in [-0.39, 0.29) is 18.0 Å². The van der Waals surface area contributed by atoms with Gasteiger partial charge in [0.15, 0.2) is 0 Å². The molecule has 0 saturated carbocycles. The molecule has 29 heavy (non-hydrogen) atoms. The molecule has 6 nitrogen and oxygen atoms in total. The fourth-order valence-corrected chi connectivity index (χ4v) is 3.59. The van der Waals surface area contributed by atoms with Crippen LogP contribution in [0.25, 0.3) is 0 Å². The first kappa shape index (κ1) is 20.7. The third-order valence-electron chi connectivity index (χ3n) is 5.38. The number of amides is 3. The molecule has 0 spiro atoms. The Kier molecular flexibility index (Phi) is 7.11. The molecule has 0 aromatic heterocycles. The summed E-state index contributed by atoms with van der Waals surface area (Å²) >= 11 is 0. The molecule has 2 aromatic rings. The van der Waals surface area contributed by atoms with E-state index in [4.69, 9.17) is 4.74 Å². The van der Waals surface area contributed by atoms with Crippen LogP contribution in [0.5, 0.6) is 5.75 Å². The van der Waals surface area contributed by atoms with Crippen molar-refractivity contribution in [2.24, 2.45) is 0 Å². The van der Waals surface area contributed by atoms with E-state index in [1.54, 1.807) is 36.3 Å². The Morgan fingerprint density at radius 3 is 2.34 bits per heavy atom. The molecule has 1 heterocycles. The number of hydrogen-bond acceptors (Lipinski definition) is 3. The van der Waals surface area contributed by atoms with Gasteiger partial charge in [-0.25, -0.2) is 4.79 Å². The summed E-state index contributed by atoms with van der Waals surface area (Å²) in [5.74, 6) is 0.846. The third kappa shape index (κ3) is 5.50. The molecular formula is C23H29N3O3. The van der Waals surface area contributed by atoms with Crippen LogP contribution in [0.3, 0.4) is 0 Å². The van der Waals surface area contributed by atoms with Crippen LogP contribution in [-0.2, 0) is 4.79 Å². The van der Waals surface area contributed by atoms with Crippen molar-refractivity contribution in [2.45, 2.75) is 32.2 Å². The molecule has 154 valence electrons. The first-order valence-corrected chi connectivity index (χ1v) is 10.1. The lowest BCUT2D eigenvalue weighted by molar-refractivity contribution is -0.130. The highest BCUT2D eigenvalue weighted by molar-refractivity contribution is 5.90. The van der Waals surface area contributed by atoms with Crippen LogP contribution in [0, 0.1) is 0 Å². The number of rotatable bonds is 7. The number of nitrogens with zero attached hydrogens (tertiary/aromatic N) is 2. The van der Waals surface area contributed by atoms with E-state index in [9.17, 15) is 9.59 Å². The zero-order valence-corrected chi connectivity index (χ0v) is 17.1. The average molecular weight is 396 g/mol. The summed E-state index contributed by atoms with van der Waals surface area (Å²) in [5.41, 5.74) is 1.72. The van der Waals surface area contributed by atoms with Crippen molar-refractivity contribution in [1.82, 2.24) is 9.80 Å². The van der Waals surface area contributed by atoms with Crippen molar-refractivity contribution in [3.63, 3.8) is 0 Å². The minimum atomic E-state index is -0.222. The number of anilines is 1. The van der Waals surface area contributed by atoms with Crippen LogP contribution < -0.4 is 10.1 Å². The largest absolute Gasteiger partial charge is 0.497 e. The van der Waals surface area contributed by atoms with Gasteiger partial charge < -0.3 is 19.9 Å². The summed E-state index contributed by atoms with van der Waals surface area (Å²) in [6, 6.07) is 16.7. The fourth-order valence-electron chi connectivity index (χ4n) is 3.59. The lowest BCUT2D eigenvalue weighted by Gasteiger charge is -2.30. The van der Waals surface area contributed by atoms with E-state index in [2.05, 4.69) is 5.32 Å². The SMILES string of the molecule is COc1ccc(NC(=O)N(CCC(=O)N2CCCC2)C(C)c2ccccc2)cc1. The number of ether oxygens (including phenoxy) is 1. The van der Waals surface area contributed by atoms with E-state index < -0.39 is 0 Å². The lowest BCUT2D eigenvalue weighted by atomic mass is 10.1. The summed E-state index contributed by atoms with van der Waals surface area (Å²) in [6.07, 6.45) is 2.45. The molecule has 1 aliphatic rings. The van der Waals surface area contributed by atoms with Crippen molar-refractivity contribution in [3.8, 4) is 5.75 Å². The number of carbonyl (C=O) groups is 2. The highest BCUT2D eigenvalue weighted by atomic mass is 16.5. The molecule has 1 unspecified atom stereocenters. The summed E-state index contributed by atoms with van der Waals surface area (Å²) < 4.78 is 5.17. The van der Waals surface area contributed by atoms with Gasteiger partial charge in [0.05, 0.1) is 13.2 Å². The van der Waals surface area contributed by atoms with Gasteiger partial charge >= 0.3 is 6.03 Å². The maximum atomic E-state index is 13.1. The first-order chi connectivity index (χ1) is 14.1. The van der Waals surface area contributed by atoms with Gasteiger partial charge in [0.1, 0.15) is 5.75 Å². The van der Waals surface area contributed by atoms with Gasteiger partial charge in [-0.1, -0.05) is 30.3 Å². The molecule has 1 aliphatic heterocycles. The topological polar surface area (TPSA) is 61.9 Å². The van der Waals surface area contributed by atoms with Crippen molar-refractivity contribution in [3.05, 3.63) is 60.2 Å². The van der Waals surface area contributed by atoms with E-state index in [1.807, 2.05) is 42.2 Å². The van der Waals surface area contributed by atoms with Crippen LogP contribution in [0.1, 0.15) is 37.8 Å². The molecule has 2 aromatic carbocycles. The maximum Gasteiger partial charge on any atom is 0.322 e. The second kappa shape index (κ2) is 9.96. The first-order valence-electron chi connectivity index (χ1n) is 10.1. The molecule has 0 bridgehead atoms. The van der Waals surface area contributed by atoms with Gasteiger partial charge in [0.2, 0.25) is 5.91 Å². The Labute approximate surface area is 172 Å². The average Bonchev–Trinajstić information content (AvgIpc) is 3.30. The molecule has 3 amide bonds. The summed E-state index contributed by atoms with van der Waals surface area (Å²) in [5, 5.41) is 2.94. The van der Waals surface area contributed by atoms with E-state index in [1.165, 1.54) is 0 Å². The summed E-state index contributed by atoms with van der Waals surface area (Å²) in [7, 11) is 1.61. The minimum absolute atomic E-state index is 0.116. The summed E-state index contributed by atoms with van der Waals surface area (Å²) in [4.78, 5) is 29.2. The molecule has 1 N–H and O–H groups in total. The molecule has 1 atom stereocenters. The van der Waals surface area contributed by atoms with Gasteiger partial charge in [0.25, 0.3) is 0 Å². The number of hydrogen-bond donors (Lipinski definition) is 1. The molecular weight excluding hydrogens is 366 g/mol. The van der Waals surface area contributed by atoms with Gasteiger partial charge in [-0.3, -0.25) is 4.79 Å². The van der Waals surface area contributed by atoms with Gasteiger partial charge in [-0.2, -0.15) is 0 Å². The Morgan fingerprint density at radius 2 is 1.72 bits per heavy atom. The third-order valence-corrected chi connectivity index (χ3v) is 5.38. The number of carbonyl (C=O) groups excluding carboxylic acids is 2. The normalized spacial score (nSPS) is 14.3. The van der Waals surface area contributed by atoms with Crippen LogP contribution in [0.15, 0.2) is 54.6 Å². The van der Waals surface area contributed by atoms with Crippen molar-refractivity contribution < 1.29 is 14.3 Å². The van der Waals surface area contributed by atoms with Crippen molar-refractivity contribution in [2.75, 3.05) is 32.1 Å². The number of urea groups is 1. The molecule has 1 saturated heterocycles.